The molecule has 1 aliphatic rings. The fourth-order valence-corrected chi connectivity index (χ4v) is 2.06. The average molecular weight is 270 g/mol. The number of aliphatic hydroxyl groups excluding tert-OH is 1. The third-order valence-electron chi connectivity index (χ3n) is 2.88. The molecule has 1 N–H and O–H groups in total. The highest BCUT2D eigenvalue weighted by Gasteiger charge is 2.33. The Morgan fingerprint density at radius 3 is 2.89 bits per heavy atom. The van der Waals surface area contributed by atoms with Gasteiger partial charge in [0.2, 0.25) is 5.95 Å². The zero-order valence-corrected chi connectivity index (χ0v) is 9.93. The molecule has 2 aromatic rings. The van der Waals surface area contributed by atoms with Gasteiger partial charge in [0.15, 0.2) is 5.69 Å². The molecule has 0 saturated carbocycles. The summed E-state index contributed by atoms with van der Waals surface area (Å²) in [7, 11) is 0. The van der Waals surface area contributed by atoms with Crippen LogP contribution in [-0.2, 0) is 0 Å². The molecule has 1 fully saturated rings. The van der Waals surface area contributed by atoms with Gasteiger partial charge in [0.05, 0.1) is 11.1 Å². The molecule has 0 atom stereocenters. The Hall–Kier alpha value is -1.66. The Morgan fingerprint density at radius 1 is 1.50 bits per heavy atom. The molecule has 0 unspecified atom stereocenters. The van der Waals surface area contributed by atoms with E-state index in [9.17, 15) is 9.18 Å². The number of likely N-dealkylation sites (tertiary alicyclic amines) is 1. The lowest BCUT2D eigenvalue weighted by molar-refractivity contribution is 0.00520. The van der Waals surface area contributed by atoms with E-state index in [1.165, 1.54) is 17.2 Å². The number of imidazole rings is 1. The number of fused-ring (bicyclic) bond motifs is 1. The number of nitrogens with zero attached hydrogens (tertiary/aromatic N) is 3. The number of aromatic nitrogens is 2. The number of rotatable bonds is 1. The molecular formula is C11H9ClFN3O2. The molecule has 94 valence electrons. The average Bonchev–Trinajstić information content (AvgIpc) is 2.62. The van der Waals surface area contributed by atoms with Gasteiger partial charge >= 0.3 is 0 Å². The van der Waals surface area contributed by atoms with Gasteiger partial charge in [0.25, 0.3) is 5.91 Å². The Morgan fingerprint density at radius 2 is 2.22 bits per heavy atom. The van der Waals surface area contributed by atoms with Crippen LogP contribution < -0.4 is 0 Å². The molecule has 5 nitrogen and oxygen atoms in total. The third kappa shape index (κ3) is 1.65. The molecule has 2 aromatic heterocycles. The molecule has 1 amide bonds. The second kappa shape index (κ2) is 3.93. The monoisotopic (exact) mass is 269 g/mol. The van der Waals surface area contributed by atoms with Gasteiger partial charge in [0, 0.05) is 19.3 Å². The molecule has 7 heteroatoms. The largest absolute Gasteiger partial charge is 0.389 e. The van der Waals surface area contributed by atoms with Crippen molar-refractivity contribution in [3.05, 3.63) is 35.0 Å². The number of hydrogen-bond donors (Lipinski definition) is 1. The summed E-state index contributed by atoms with van der Waals surface area (Å²) in [5, 5.41) is 9.49. The van der Waals surface area contributed by atoms with Crippen molar-refractivity contribution in [1.29, 1.82) is 0 Å². The Balaban J connectivity index is 2.02. The molecule has 0 spiro atoms. The van der Waals surface area contributed by atoms with E-state index in [2.05, 4.69) is 4.98 Å². The minimum Gasteiger partial charge on any atom is -0.389 e. The van der Waals surface area contributed by atoms with Crippen molar-refractivity contribution < 1.29 is 14.3 Å². The van der Waals surface area contributed by atoms with E-state index in [1.54, 1.807) is 6.07 Å². The van der Waals surface area contributed by atoms with Gasteiger partial charge in [-0.3, -0.25) is 9.20 Å². The number of aliphatic hydroxyl groups is 1. The number of amides is 1. The van der Waals surface area contributed by atoms with E-state index in [0.717, 1.165) is 4.40 Å². The second-order valence-corrected chi connectivity index (χ2v) is 4.63. The molecule has 18 heavy (non-hydrogen) atoms. The van der Waals surface area contributed by atoms with Crippen LogP contribution in [0.25, 0.3) is 5.65 Å². The van der Waals surface area contributed by atoms with Gasteiger partial charge in [0.1, 0.15) is 5.65 Å². The molecule has 3 rings (SSSR count). The molecule has 1 aliphatic heterocycles. The maximum atomic E-state index is 14.0. The quantitative estimate of drug-likeness (QED) is 0.838. The van der Waals surface area contributed by atoms with Crippen LogP contribution in [0, 0.1) is 5.95 Å². The summed E-state index contributed by atoms with van der Waals surface area (Å²) < 4.78 is 15.1. The fourth-order valence-electron chi connectivity index (χ4n) is 1.90. The van der Waals surface area contributed by atoms with E-state index in [-0.39, 0.29) is 18.8 Å². The normalized spacial score (nSPS) is 16.1. The Bertz CT molecular complexity index is 636. The van der Waals surface area contributed by atoms with Gasteiger partial charge in [-0.05, 0) is 12.1 Å². The first kappa shape index (κ1) is 11.4. The molecule has 0 bridgehead atoms. The van der Waals surface area contributed by atoms with Gasteiger partial charge in [-0.15, -0.1) is 0 Å². The smallest absolute Gasteiger partial charge is 0.277 e. The van der Waals surface area contributed by atoms with Gasteiger partial charge in [-0.25, -0.2) is 4.98 Å². The molecule has 3 heterocycles. The lowest BCUT2D eigenvalue weighted by Crippen LogP contribution is -2.53. The highest BCUT2D eigenvalue weighted by molar-refractivity contribution is 6.30. The summed E-state index contributed by atoms with van der Waals surface area (Å²) in [6.45, 7) is 0.430. The summed E-state index contributed by atoms with van der Waals surface area (Å²) >= 11 is 5.76. The van der Waals surface area contributed by atoms with Crippen LogP contribution in [0.1, 0.15) is 10.5 Å². The fraction of sp³-hybridized carbons (Fsp3) is 0.273. The number of carbonyl (C=O) groups excluding carboxylic acids is 1. The topological polar surface area (TPSA) is 57.8 Å². The van der Waals surface area contributed by atoms with Crippen molar-refractivity contribution in [2.45, 2.75) is 6.10 Å². The van der Waals surface area contributed by atoms with Crippen LogP contribution in [0.15, 0.2) is 18.3 Å². The van der Waals surface area contributed by atoms with Gasteiger partial charge in [-0.1, -0.05) is 11.6 Å². The van der Waals surface area contributed by atoms with Crippen LogP contribution in [0.5, 0.6) is 0 Å². The standard InChI is InChI=1S/C11H9ClFN3O2/c12-6-1-2-8-14-9(10(13)16(8)3-6)11(18)15-4-7(17)5-15/h1-3,7,17H,4-5H2. The first-order valence-electron chi connectivity index (χ1n) is 5.36. The highest BCUT2D eigenvalue weighted by Crippen LogP contribution is 2.19. The molecule has 1 saturated heterocycles. The zero-order chi connectivity index (χ0) is 12.9. The minimum absolute atomic E-state index is 0.215. The number of carbonyl (C=O) groups is 1. The van der Waals surface area contributed by atoms with E-state index in [4.69, 9.17) is 16.7 Å². The SMILES string of the molecule is O=C(c1nc2ccc(Cl)cn2c1F)N1CC(O)C1. The number of halogens is 2. The van der Waals surface area contributed by atoms with E-state index < -0.39 is 18.0 Å². The number of hydrogen-bond acceptors (Lipinski definition) is 3. The number of pyridine rings is 1. The molecule has 0 aliphatic carbocycles. The van der Waals surface area contributed by atoms with Crippen LogP contribution >= 0.6 is 11.6 Å². The predicted octanol–water partition coefficient (Wildman–Crippen LogP) is 0.943. The summed E-state index contributed by atoms with van der Waals surface area (Å²) in [6.07, 6.45) is 0.838. The van der Waals surface area contributed by atoms with Crippen LogP contribution in [0.2, 0.25) is 5.02 Å². The first-order valence-corrected chi connectivity index (χ1v) is 5.74. The van der Waals surface area contributed by atoms with Gasteiger partial charge < -0.3 is 10.0 Å². The van der Waals surface area contributed by atoms with Crippen LogP contribution in [0.3, 0.4) is 0 Å². The molecule has 0 aromatic carbocycles. The Kier molecular flexibility index (Phi) is 2.49. The zero-order valence-electron chi connectivity index (χ0n) is 9.18. The lowest BCUT2D eigenvalue weighted by atomic mass is 10.1. The van der Waals surface area contributed by atoms with Gasteiger partial charge in [-0.2, -0.15) is 4.39 Å². The predicted molar refractivity (Wildman–Crippen MR) is 62.1 cm³/mol. The summed E-state index contributed by atoms with van der Waals surface area (Å²) in [5.41, 5.74) is 0.0745. The summed E-state index contributed by atoms with van der Waals surface area (Å²) in [4.78, 5) is 17.2. The van der Waals surface area contributed by atoms with E-state index in [1.807, 2.05) is 0 Å². The van der Waals surface area contributed by atoms with E-state index in [0.29, 0.717) is 10.7 Å². The first-order chi connectivity index (χ1) is 8.56. The summed E-state index contributed by atoms with van der Waals surface area (Å²) in [6, 6.07) is 3.11. The van der Waals surface area contributed by atoms with Crippen molar-refractivity contribution in [3.8, 4) is 0 Å². The second-order valence-electron chi connectivity index (χ2n) is 4.19. The maximum Gasteiger partial charge on any atom is 0.277 e. The van der Waals surface area contributed by atoms with Crippen LogP contribution in [0.4, 0.5) is 4.39 Å². The third-order valence-corrected chi connectivity index (χ3v) is 3.10. The maximum absolute atomic E-state index is 14.0. The lowest BCUT2D eigenvalue weighted by Gasteiger charge is -2.35. The van der Waals surface area contributed by atoms with Crippen molar-refractivity contribution in [3.63, 3.8) is 0 Å². The van der Waals surface area contributed by atoms with E-state index >= 15 is 0 Å². The molecule has 0 radical (unpaired) electrons. The minimum atomic E-state index is -0.737. The van der Waals surface area contributed by atoms with Crippen LogP contribution in [-0.4, -0.2) is 44.5 Å². The van der Waals surface area contributed by atoms with Crippen molar-refractivity contribution >= 4 is 23.2 Å². The van der Waals surface area contributed by atoms with Crippen molar-refractivity contribution in [2.75, 3.05) is 13.1 Å². The Labute approximate surface area is 106 Å². The highest BCUT2D eigenvalue weighted by atomic mass is 35.5. The molecular weight excluding hydrogens is 261 g/mol. The number of β-amino-alcohol motifs (C(OH)–C–C–N with tert-alkyl or cyclic N) is 1. The van der Waals surface area contributed by atoms with Crippen molar-refractivity contribution in [1.82, 2.24) is 14.3 Å². The summed E-state index contributed by atoms with van der Waals surface area (Å²) in [5.74, 6) is -1.25. The van der Waals surface area contributed by atoms with Crippen molar-refractivity contribution in [2.24, 2.45) is 0 Å².